The minimum Gasteiger partial charge on any atom is -0.494 e. The van der Waals surface area contributed by atoms with Gasteiger partial charge in [-0.3, -0.25) is 24.5 Å². The fourth-order valence-corrected chi connectivity index (χ4v) is 4.75. The summed E-state index contributed by atoms with van der Waals surface area (Å²) < 4.78 is 5.74. The molecule has 0 bridgehead atoms. The Morgan fingerprint density at radius 3 is 2.33 bits per heavy atom. The number of urea groups is 1. The Bertz CT molecular complexity index is 1450. The number of anilines is 2. The molecule has 45 heavy (non-hydrogen) atoms. The largest absolute Gasteiger partial charge is 0.494 e. The zero-order valence-electron chi connectivity index (χ0n) is 25.6. The van der Waals surface area contributed by atoms with E-state index in [-0.39, 0.29) is 29.1 Å². The highest BCUT2D eigenvalue weighted by atomic mass is 32.1. The highest BCUT2D eigenvalue weighted by Crippen LogP contribution is 2.22. The maximum atomic E-state index is 12.8. The minimum atomic E-state index is -1.36. The number of aromatic nitrogens is 1. The predicted molar refractivity (Wildman–Crippen MR) is 171 cm³/mol. The predicted octanol–water partition coefficient (Wildman–Crippen LogP) is 5.23. The van der Waals surface area contributed by atoms with E-state index < -0.39 is 42.1 Å². The number of carbonyl (C=O) groups is 5. The number of nitrogens with zero attached hydrogens (tertiary/aromatic N) is 1. The van der Waals surface area contributed by atoms with Crippen LogP contribution in [0, 0.1) is 5.41 Å². The highest BCUT2D eigenvalue weighted by Gasteiger charge is 2.24. The first-order valence-electron chi connectivity index (χ1n) is 14.5. The van der Waals surface area contributed by atoms with Crippen LogP contribution in [0.5, 0.6) is 5.75 Å². The van der Waals surface area contributed by atoms with Crippen LogP contribution >= 0.6 is 11.3 Å². The van der Waals surface area contributed by atoms with Crippen molar-refractivity contribution in [3.8, 4) is 5.75 Å². The molecule has 0 radical (unpaired) electrons. The van der Waals surface area contributed by atoms with E-state index in [0.29, 0.717) is 24.6 Å². The summed E-state index contributed by atoms with van der Waals surface area (Å²) in [6.45, 7) is 7.38. The van der Waals surface area contributed by atoms with Crippen molar-refractivity contribution in [3.05, 3.63) is 71.2 Å². The zero-order valence-corrected chi connectivity index (χ0v) is 26.4. The molecule has 0 spiro atoms. The number of ketones is 1. The SMILES string of the molecule is CC(C)(C)CCCOc1ccc(NC(=O)[C@H](CC(=O)O)NC(=O)CCC(=O)c2csc(NC(=O)NCc3ccccc3)n2)cc1. The number of benzene rings is 2. The number of Topliss-reactive ketones (excluding diaryl/α,β-unsaturated/α-hetero) is 1. The summed E-state index contributed by atoms with van der Waals surface area (Å²) in [6, 6.07) is 14.1. The molecule has 240 valence electrons. The summed E-state index contributed by atoms with van der Waals surface area (Å²) in [6.07, 6.45) is 0.759. The summed E-state index contributed by atoms with van der Waals surface area (Å²) in [5, 5.41) is 21.2. The third-order valence-electron chi connectivity index (χ3n) is 6.38. The van der Waals surface area contributed by atoms with E-state index in [1.807, 2.05) is 30.3 Å². The molecule has 0 aliphatic carbocycles. The van der Waals surface area contributed by atoms with E-state index in [0.717, 1.165) is 29.7 Å². The molecule has 0 aliphatic rings. The van der Waals surface area contributed by atoms with Crippen molar-refractivity contribution in [3.63, 3.8) is 0 Å². The van der Waals surface area contributed by atoms with Crippen LogP contribution in [0.4, 0.5) is 15.6 Å². The number of rotatable bonds is 16. The molecule has 0 aliphatic heterocycles. The number of hydrogen-bond donors (Lipinski definition) is 5. The summed E-state index contributed by atoms with van der Waals surface area (Å²) in [5.74, 6) is -2.47. The van der Waals surface area contributed by atoms with Gasteiger partial charge in [0, 0.05) is 30.5 Å². The van der Waals surface area contributed by atoms with Crippen LogP contribution in [0.25, 0.3) is 0 Å². The highest BCUT2D eigenvalue weighted by molar-refractivity contribution is 7.14. The summed E-state index contributed by atoms with van der Waals surface area (Å²) in [5.41, 5.74) is 1.63. The Balaban J connectivity index is 1.44. The maximum Gasteiger partial charge on any atom is 0.321 e. The first kappa shape index (κ1) is 34.7. The normalized spacial score (nSPS) is 11.6. The van der Waals surface area contributed by atoms with Gasteiger partial charge in [-0.25, -0.2) is 9.78 Å². The van der Waals surface area contributed by atoms with Crippen LogP contribution in [0.15, 0.2) is 60.0 Å². The van der Waals surface area contributed by atoms with Crippen molar-refractivity contribution in [1.29, 1.82) is 0 Å². The summed E-state index contributed by atoms with van der Waals surface area (Å²) >= 11 is 1.06. The van der Waals surface area contributed by atoms with E-state index in [4.69, 9.17) is 4.74 Å². The van der Waals surface area contributed by atoms with Gasteiger partial charge in [0.05, 0.1) is 13.0 Å². The lowest BCUT2D eigenvalue weighted by Crippen LogP contribution is -2.45. The van der Waals surface area contributed by atoms with E-state index in [2.05, 4.69) is 47.0 Å². The lowest BCUT2D eigenvalue weighted by Gasteiger charge is -2.18. The molecule has 4 amide bonds. The molecule has 2 aromatic carbocycles. The Morgan fingerprint density at radius 2 is 1.67 bits per heavy atom. The third kappa shape index (κ3) is 13.2. The number of ether oxygens (including phenoxy) is 1. The Hall–Kier alpha value is -4.78. The second kappa shape index (κ2) is 16.9. The molecular weight excluding hydrogens is 598 g/mol. The van der Waals surface area contributed by atoms with E-state index >= 15 is 0 Å². The smallest absolute Gasteiger partial charge is 0.321 e. The molecular formula is C32H39N5O7S. The van der Waals surface area contributed by atoms with Gasteiger partial charge in [0.1, 0.15) is 17.5 Å². The average Bonchev–Trinajstić information content (AvgIpc) is 3.46. The average molecular weight is 638 g/mol. The van der Waals surface area contributed by atoms with Gasteiger partial charge in [0.2, 0.25) is 11.8 Å². The van der Waals surface area contributed by atoms with E-state index in [9.17, 15) is 29.1 Å². The van der Waals surface area contributed by atoms with Gasteiger partial charge in [0.25, 0.3) is 0 Å². The minimum absolute atomic E-state index is 0.0765. The summed E-state index contributed by atoms with van der Waals surface area (Å²) in [7, 11) is 0. The number of carbonyl (C=O) groups excluding carboxylic acids is 4. The first-order chi connectivity index (χ1) is 21.4. The molecule has 0 saturated carbocycles. The van der Waals surface area contributed by atoms with Crippen molar-refractivity contribution >= 4 is 51.8 Å². The maximum absolute atomic E-state index is 12.8. The van der Waals surface area contributed by atoms with Crippen LogP contribution < -0.4 is 26.0 Å². The molecule has 0 fully saturated rings. The quantitative estimate of drug-likeness (QED) is 0.105. The number of nitrogens with one attached hydrogen (secondary N) is 4. The number of carboxylic acids is 1. The van der Waals surface area contributed by atoms with Crippen molar-refractivity contribution in [2.24, 2.45) is 5.41 Å². The third-order valence-corrected chi connectivity index (χ3v) is 7.14. The first-order valence-corrected chi connectivity index (χ1v) is 15.4. The zero-order chi connectivity index (χ0) is 32.8. The monoisotopic (exact) mass is 637 g/mol. The fourth-order valence-electron chi connectivity index (χ4n) is 4.04. The van der Waals surface area contributed by atoms with Gasteiger partial charge < -0.3 is 25.8 Å². The number of hydrogen-bond acceptors (Lipinski definition) is 8. The lowest BCUT2D eigenvalue weighted by molar-refractivity contribution is -0.139. The fraction of sp³-hybridized carbons (Fsp3) is 0.375. The standard InChI is InChI=1S/C32H39N5O7S/c1-32(2,3)16-7-17-44-23-12-10-22(11-13-23)34-29(42)24(18-28(40)41)35-27(39)15-14-26(38)25-20-45-31(36-25)37-30(43)33-19-21-8-5-4-6-9-21/h4-6,8-13,20,24H,7,14-19H2,1-3H3,(H,34,42)(H,35,39)(H,40,41)(H2,33,36,37,43)/t24-/m0/s1. The second-order valence-corrected chi connectivity index (χ2v) is 12.4. The van der Waals surface area contributed by atoms with Crippen LogP contribution in [0.1, 0.15) is 68.9 Å². The van der Waals surface area contributed by atoms with Crippen LogP contribution in [0.2, 0.25) is 0 Å². The molecule has 0 saturated heterocycles. The van der Waals surface area contributed by atoms with Crippen LogP contribution in [-0.2, 0) is 20.9 Å². The molecule has 1 atom stereocenters. The lowest BCUT2D eigenvalue weighted by atomic mass is 9.91. The van der Waals surface area contributed by atoms with Crippen molar-refractivity contribution in [2.75, 3.05) is 17.2 Å². The van der Waals surface area contributed by atoms with Crippen molar-refractivity contribution in [2.45, 2.75) is 65.5 Å². The van der Waals surface area contributed by atoms with Crippen LogP contribution in [-0.4, -0.2) is 52.3 Å². The molecule has 0 unspecified atom stereocenters. The van der Waals surface area contributed by atoms with E-state index in [1.165, 1.54) is 5.38 Å². The molecule has 3 aromatic rings. The molecule has 13 heteroatoms. The number of carboxylic acid groups (broad SMARTS) is 1. The molecule has 3 rings (SSSR count). The molecule has 12 nitrogen and oxygen atoms in total. The van der Waals surface area contributed by atoms with Gasteiger partial charge in [0.15, 0.2) is 10.9 Å². The molecule has 1 heterocycles. The summed E-state index contributed by atoms with van der Waals surface area (Å²) in [4.78, 5) is 65.6. The number of amides is 4. The molecule has 1 aromatic heterocycles. The topological polar surface area (TPSA) is 176 Å². The second-order valence-electron chi connectivity index (χ2n) is 11.5. The van der Waals surface area contributed by atoms with Gasteiger partial charge in [-0.1, -0.05) is 51.1 Å². The van der Waals surface area contributed by atoms with Gasteiger partial charge >= 0.3 is 12.0 Å². The number of aliphatic carboxylic acids is 1. The van der Waals surface area contributed by atoms with E-state index in [1.54, 1.807) is 24.3 Å². The van der Waals surface area contributed by atoms with Gasteiger partial charge in [-0.15, -0.1) is 11.3 Å². The number of thiazole rings is 1. The van der Waals surface area contributed by atoms with Crippen molar-refractivity contribution < 1.29 is 33.8 Å². The van der Waals surface area contributed by atoms with Gasteiger partial charge in [-0.2, -0.15) is 0 Å². The Kier molecular flexibility index (Phi) is 13.0. The molecule has 5 N–H and O–H groups in total. The van der Waals surface area contributed by atoms with Gasteiger partial charge in [-0.05, 0) is 48.1 Å². The Labute approximate surface area is 266 Å². The van der Waals surface area contributed by atoms with Crippen LogP contribution in [0.3, 0.4) is 0 Å². The Morgan fingerprint density at radius 1 is 0.956 bits per heavy atom. The van der Waals surface area contributed by atoms with Crippen molar-refractivity contribution in [1.82, 2.24) is 15.6 Å².